The maximum Gasteiger partial charge on any atom is 0.323 e. The van der Waals surface area contributed by atoms with Crippen LogP contribution >= 0.6 is 0 Å². The minimum atomic E-state index is -1.03. The quantitative estimate of drug-likeness (QED) is 0.653. The Labute approximate surface area is 95.0 Å². The van der Waals surface area contributed by atoms with Gasteiger partial charge < -0.3 is 14.9 Å². The highest BCUT2D eigenvalue weighted by atomic mass is 16.4. The van der Waals surface area contributed by atoms with Crippen LogP contribution in [0.25, 0.3) is 0 Å². The first-order valence-corrected chi connectivity index (χ1v) is 5.17. The fraction of sp³-hybridized carbons (Fsp3) is 0.636. The van der Waals surface area contributed by atoms with Gasteiger partial charge in [-0.2, -0.15) is 0 Å². The van der Waals surface area contributed by atoms with Crippen molar-refractivity contribution in [3.63, 3.8) is 0 Å². The van der Waals surface area contributed by atoms with Crippen LogP contribution in [0, 0.1) is 18.3 Å². The largest absolute Gasteiger partial charge is 0.480 e. The standard InChI is InChI=1S/C11H16N2O3/c1-3-5-13(8-10(14)15)11(16)9-4-6-12(2)7-9/h1,9H,4-8H2,2H3,(H,14,15). The van der Waals surface area contributed by atoms with Gasteiger partial charge in [0.15, 0.2) is 0 Å². The van der Waals surface area contributed by atoms with E-state index in [0.717, 1.165) is 13.0 Å². The average Bonchev–Trinajstić information content (AvgIpc) is 2.62. The molecule has 0 aromatic carbocycles. The van der Waals surface area contributed by atoms with Gasteiger partial charge in [0.1, 0.15) is 6.54 Å². The molecule has 0 saturated carbocycles. The van der Waals surface area contributed by atoms with Crippen LogP contribution in [-0.4, -0.2) is 60.0 Å². The molecule has 1 fully saturated rings. The van der Waals surface area contributed by atoms with Crippen molar-refractivity contribution in [1.82, 2.24) is 9.80 Å². The SMILES string of the molecule is C#CCN(CC(=O)O)C(=O)C1CCN(C)C1. The number of likely N-dealkylation sites (tertiary alicyclic amines) is 1. The lowest BCUT2D eigenvalue weighted by atomic mass is 10.1. The molecule has 5 nitrogen and oxygen atoms in total. The maximum absolute atomic E-state index is 12.0. The zero-order valence-corrected chi connectivity index (χ0v) is 9.35. The van der Waals surface area contributed by atoms with E-state index < -0.39 is 5.97 Å². The smallest absolute Gasteiger partial charge is 0.323 e. The van der Waals surface area contributed by atoms with Gasteiger partial charge in [-0.3, -0.25) is 9.59 Å². The first-order valence-electron chi connectivity index (χ1n) is 5.17. The van der Waals surface area contributed by atoms with Crippen molar-refractivity contribution in [2.75, 3.05) is 33.2 Å². The number of carboxylic acids is 1. The second-order valence-electron chi connectivity index (χ2n) is 4.04. The third-order valence-corrected chi connectivity index (χ3v) is 2.66. The predicted molar refractivity (Wildman–Crippen MR) is 58.7 cm³/mol. The Hall–Kier alpha value is -1.54. The molecule has 1 heterocycles. The zero-order valence-electron chi connectivity index (χ0n) is 9.35. The van der Waals surface area contributed by atoms with Gasteiger partial charge in [0, 0.05) is 6.54 Å². The number of nitrogens with zero attached hydrogens (tertiary/aromatic N) is 2. The van der Waals surface area contributed by atoms with Gasteiger partial charge in [0.25, 0.3) is 0 Å². The van der Waals surface area contributed by atoms with Gasteiger partial charge in [-0.15, -0.1) is 6.42 Å². The Morgan fingerprint density at radius 2 is 2.31 bits per heavy atom. The molecular weight excluding hydrogens is 208 g/mol. The minimum absolute atomic E-state index is 0.0609. The van der Waals surface area contributed by atoms with E-state index in [1.807, 2.05) is 7.05 Å². The normalized spacial score (nSPS) is 20.4. The molecule has 1 saturated heterocycles. The van der Waals surface area contributed by atoms with E-state index in [0.29, 0.717) is 6.54 Å². The third kappa shape index (κ3) is 3.24. The average molecular weight is 224 g/mol. The van der Waals surface area contributed by atoms with Crippen molar-refractivity contribution in [3.05, 3.63) is 0 Å². The number of aliphatic carboxylic acids is 1. The summed E-state index contributed by atoms with van der Waals surface area (Å²) in [6.07, 6.45) is 5.90. The summed E-state index contributed by atoms with van der Waals surface area (Å²) in [4.78, 5) is 25.8. The first kappa shape index (κ1) is 12.5. The Morgan fingerprint density at radius 1 is 1.62 bits per heavy atom. The molecular formula is C11H16N2O3. The Bertz CT molecular complexity index is 322. The van der Waals surface area contributed by atoms with Crippen LogP contribution in [0.2, 0.25) is 0 Å². The lowest BCUT2D eigenvalue weighted by molar-refractivity contribution is -0.145. The molecule has 0 bridgehead atoms. The molecule has 0 radical (unpaired) electrons. The van der Waals surface area contributed by atoms with Gasteiger partial charge in [-0.25, -0.2) is 0 Å². The van der Waals surface area contributed by atoms with Crippen LogP contribution in [0.4, 0.5) is 0 Å². The second-order valence-corrected chi connectivity index (χ2v) is 4.04. The van der Waals surface area contributed by atoms with E-state index in [4.69, 9.17) is 11.5 Å². The molecule has 5 heteroatoms. The number of amides is 1. The molecule has 1 N–H and O–H groups in total. The van der Waals surface area contributed by atoms with Gasteiger partial charge in [0.05, 0.1) is 12.5 Å². The van der Waals surface area contributed by atoms with Crippen LogP contribution in [0.5, 0.6) is 0 Å². The molecule has 0 aromatic heterocycles. The van der Waals surface area contributed by atoms with Crippen LogP contribution in [0.1, 0.15) is 6.42 Å². The van der Waals surface area contributed by atoms with E-state index in [1.54, 1.807) is 0 Å². The summed E-state index contributed by atoms with van der Waals surface area (Å²) in [5.41, 5.74) is 0. The summed E-state index contributed by atoms with van der Waals surface area (Å²) in [6, 6.07) is 0. The van der Waals surface area contributed by atoms with E-state index in [-0.39, 0.29) is 24.9 Å². The summed E-state index contributed by atoms with van der Waals surface area (Å²) in [7, 11) is 1.94. The summed E-state index contributed by atoms with van der Waals surface area (Å²) in [5.74, 6) is 1.02. The zero-order chi connectivity index (χ0) is 12.1. The van der Waals surface area contributed by atoms with Crippen molar-refractivity contribution in [3.8, 4) is 12.3 Å². The molecule has 16 heavy (non-hydrogen) atoms. The lowest BCUT2D eigenvalue weighted by Gasteiger charge is -2.21. The Balaban J connectivity index is 2.60. The van der Waals surface area contributed by atoms with Crippen LogP contribution < -0.4 is 0 Å². The van der Waals surface area contributed by atoms with Gasteiger partial charge in [-0.1, -0.05) is 5.92 Å². The number of carbonyl (C=O) groups is 2. The van der Waals surface area contributed by atoms with Crippen molar-refractivity contribution in [1.29, 1.82) is 0 Å². The molecule has 1 aliphatic rings. The monoisotopic (exact) mass is 224 g/mol. The van der Waals surface area contributed by atoms with Crippen molar-refractivity contribution < 1.29 is 14.7 Å². The highest BCUT2D eigenvalue weighted by Crippen LogP contribution is 2.16. The number of hydrogen-bond acceptors (Lipinski definition) is 3. The topological polar surface area (TPSA) is 60.9 Å². The number of carboxylic acid groups (broad SMARTS) is 1. The van der Waals surface area contributed by atoms with E-state index >= 15 is 0 Å². The van der Waals surface area contributed by atoms with E-state index in [1.165, 1.54) is 4.90 Å². The van der Waals surface area contributed by atoms with E-state index in [9.17, 15) is 9.59 Å². The second kappa shape index (κ2) is 5.52. The maximum atomic E-state index is 12.0. The van der Waals surface area contributed by atoms with Crippen molar-refractivity contribution in [2.45, 2.75) is 6.42 Å². The molecule has 1 atom stereocenters. The molecule has 1 aliphatic heterocycles. The first-order chi connectivity index (χ1) is 7.54. The van der Waals surface area contributed by atoms with Crippen LogP contribution in [0.3, 0.4) is 0 Å². The summed E-state index contributed by atoms with van der Waals surface area (Å²) < 4.78 is 0. The molecule has 1 amide bonds. The number of rotatable bonds is 4. The van der Waals surface area contributed by atoms with Crippen molar-refractivity contribution >= 4 is 11.9 Å². The van der Waals surface area contributed by atoms with Crippen LogP contribution in [-0.2, 0) is 9.59 Å². The fourth-order valence-corrected chi connectivity index (χ4v) is 1.88. The summed E-state index contributed by atoms with van der Waals surface area (Å²) in [6.45, 7) is 1.29. The molecule has 0 aromatic rings. The number of carbonyl (C=O) groups excluding carboxylic acids is 1. The molecule has 0 aliphatic carbocycles. The highest BCUT2D eigenvalue weighted by Gasteiger charge is 2.30. The van der Waals surface area contributed by atoms with Crippen molar-refractivity contribution in [2.24, 2.45) is 5.92 Å². The molecule has 1 rings (SSSR count). The Morgan fingerprint density at radius 3 is 2.75 bits per heavy atom. The molecule has 1 unspecified atom stereocenters. The Kier molecular flexibility index (Phi) is 4.32. The lowest BCUT2D eigenvalue weighted by Crippen LogP contribution is -2.40. The van der Waals surface area contributed by atoms with Gasteiger partial charge in [-0.05, 0) is 20.0 Å². The highest BCUT2D eigenvalue weighted by molar-refractivity contribution is 5.83. The fourth-order valence-electron chi connectivity index (χ4n) is 1.88. The summed E-state index contributed by atoms with van der Waals surface area (Å²) >= 11 is 0. The van der Waals surface area contributed by atoms with E-state index in [2.05, 4.69) is 10.8 Å². The minimum Gasteiger partial charge on any atom is -0.480 e. The van der Waals surface area contributed by atoms with Gasteiger partial charge >= 0.3 is 5.97 Å². The summed E-state index contributed by atoms with van der Waals surface area (Å²) in [5, 5.41) is 8.68. The molecule has 88 valence electrons. The number of hydrogen-bond donors (Lipinski definition) is 1. The number of terminal acetylenes is 1. The molecule has 0 spiro atoms. The van der Waals surface area contributed by atoms with Gasteiger partial charge in [0.2, 0.25) is 5.91 Å². The predicted octanol–water partition coefficient (Wildman–Crippen LogP) is -0.515. The van der Waals surface area contributed by atoms with Crippen LogP contribution in [0.15, 0.2) is 0 Å². The third-order valence-electron chi connectivity index (χ3n) is 2.66.